The fraction of sp³-hybridized carbons (Fsp3) is 0.857. The van der Waals surface area contributed by atoms with Crippen LogP contribution < -0.4 is 5.32 Å². The van der Waals surface area contributed by atoms with E-state index in [0.29, 0.717) is 6.04 Å². The first-order valence-electron chi connectivity index (χ1n) is 6.26. The van der Waals surface area contributed by atoms with Gasteiger partial charge in [0.2, 0.25) is 0 Å². The van der Waals surface area contributed by atoms with Crippen LogP contribution in [0.2, 0.25) is 0 Å². The van der Waals surface area contributed by atoms with E-state index >= 15 is 0 Å². The second-order valence-corrected chi connectivity index (χ2v) is 5.68. The van der Waals surface area contributed by atoms with Gasteiger partial charge in [0.15, 0.2) is 0 Å². The van der Waals surface area contributed by atoms with Crippen LogP contribution in [-0.4, -0.2) is 12.6 Å². The molecule has 0 radical (unpaired) electrons. The molecule has 1 unspecified atom stereocenters. The fourth-order valence-electron chi connectivity index (χ4n) is 1.61. The first-order valence-corrected chi connectivity index (χ1v) is 6.26. The van der Waals surface area contributed by atoms with Gasteiger partial charge in [0.25, 0.3) is 0 Å². The van der Waals surface area contributed by atoms with Crippen molar-refractivity contribution in [2.24, 2.45) is 11.3 Å². The van der Waals surface area contributed by atoms with E-state index in [4.69, 9.17) is 0 Å². The Morgan fingerprint density at radius 2 is 1.87 bits per heavy atom. The van der Waals surface area contributed by atoms with Crippen LogP contribution in [0, 0.1) is 11.3 Å². The van der Waals surface area contributed by atoms with E-state index in [2.05, 4.69) is 52.6 Å². The van der Waals surface area contributed by atoms with Gasteiger partial charge in [0.05, 0.1) is 0 Å². The lowest BCUT2D eigenvalue weighted by atomic mass is 9.84. The molecule has 0 aromatic rings. The Labute approximate surface area is 96.3 Å². The zero-order valence-corrected chi connectivity index (χ0v) is 11.3. The van der Waals surface area contributed by atoms with Gasteiger partial charge >= 0.3 is 0 Å². The van der Waals surface area contributed by atoms with Gasteiger partial charge in [0.1, 0.15) is 0 Å². The molecule has 1 atom stereocenters. The highest BCUT2D eigenvalue weighted by Crippen LogP contribution is 2.25. The average molecular weight is 211 g/mol. The second-order valence-electron chi connectivity index (χ2n) is 5.68. The molecule has 0 aromatic heterocycles. The van der Waals surface area contributed by atoms with Gasteiger partial charge in [-0.15, -0.1) is 6.58 Å². The molecule has 0 saturated carbocycles. The maximum atomic E-state index is 3.97. The summed E-state index contributed by atoms with van der Waals surface area (Å²) in [4.78, 5) is 0. The van der Waals surface area contributed by atoms with Gasteiger partial charge in [-0.25, -0.2) is 0 Å². The third kappa shape index (κ3) is 7.61. The highest BCUT2D eigenvalue weighted by atomic mass is 14.9. The van der Waals surface area contributed by atoms with Crippen molar-refractivity contribution < 1.29 is 0 Å². The Bertz CT molecular complexity index is 172. The number of hydrogen-bond acceptors (Lipinski definition) is 1. The van der Waals surface area contributed by atoms with Gasteiger partial charge in [-0.1, -0.05) is 53.5 Å². The van der Waals surface area contributed by atoms with Crippen molar-refractivity contribution >= 4 is 0 Å². The molecule has 0 heterocycles. The molecule has 0 aliphatic carbocycles. The van der Waals surface area contributed by atoms with Crippen molar-refractivity contribution in [3.05, 3.63) is 12.7 Å². The predicted molar refractivity (Wildman–Crippen MR) is 70.1 cm³/mol. The van der Waals surface area contributed by atoms with E-state index in [0.717, 1.165) is 12.5 Å². The summed E-state index contributed by atoms with van der Waals surface area (Å²) in [5.41, 5.74) is 0.263. The Kier molecular flexibility index (Phi) is 6.91. The molecule has 0 spiro atoms. The molecule has 0 rings (SSSR count). The Hall–Kier alpha value is -0.300. The minimum absolute atomic E-state index is 0.263. The lowest BCUT2D eigenvalue weighted by Crippen LogP contribution is -2.34. The van der Waals surface area contributed by atoms with Crippen molar-refractivity contribution in [1.82, 2.24) is 5.32 Å². The smallest absolute Gasteiger partial charge is 0.00421 e. The maximum absolute atomic E-state index is 3.97. The van der Waals surface area contributed by atoms with Gasteiger partial charge in [0, 0.05) is 12.6 Å². The summed E-state index contributed by atoms with van der Waals surface area (Å²) >= 11 is 0. The maximum Gasteiger partial charge on any atom is 0.00421 e. The largest absolute Gasteiger partial charge is 0.314 e. The third-order valence-corrected chi connectivity index (χ3v) is 2.94. The van der Waals surface area contributed by atoms with Crippen LogP contribution in [0.4, 0.5) is 0 Å². The zero-order chi connectivity index (χ0) is 11.9. The van der Waals surface area contributed by atoms with Crippen LogP contribution >= 0.6 is 0 Å². The molecular weight excluding hydrogens is 182 g/mol. The van der Waals surface area contributed by atoms with Gasteiger partial charge < -0.3 is 5.32 Å². The molecule has 1 heteroatoms. The first-order chi connectivity index (χ1) is 6.89. The van der Waals surface area contributed by atoms with Crippen LogP contribution in [0.25, 0.3) is 0 Å². The summed E-state index contributed by atoms with van der Waals surface area (Å²) in [5.74, 6) is 0.817. The summed E-state index contributed by atoms with van der Waals surface area (Å²) in [6, 6.07) is 0.564. The topological polar surface area (TPSA) is 12.0 Å². The molecule has 0 saturated heterocycles. The van der Waals surface area contributed by atoms with Crippen LogP contribution in [0.5, 0.6) is 0 Å². The van der Waals surface area contributed by atoms with Crippen molar-refractivity contribution in [3.8, 4) is 0 Å². The van der Waals surface area contributed by atoms with E-state index in [1.807, 2.05) is 0 Å². The third-order valence-electron chi connectivity index (χ3n) is 2.94. The van der Waals surface area contributed by atoms with Crippen molar-refractivity contribution in [3.63, 3.8) is 0 Å². The minimum Gasteiger partial charge on any atom is -0.314 e. The van der Waals surface area contributed by atoms with Gasteiger partial charge in [-0.3, -0.25) is 0 Å². The summed E-state index contributed by atoms with van der Waals surface area (Å²) in [7, 11) is 0. The molecule has 90 valence electrons. The highest BCUT2D eigenvalue weighted by Gasteiger charge is 2.19. The van der Waals surface area contributed by atoms with Crippen molar-refractivity contribution in [2.75, 3.05) is 6.54 Å². The summed E-state index contributed by atoms with van der Waals surface area (Å²) in [5, 5.41) is 3.50. The molecule has 15 heavy (non-hydrogen) atoms. The molecule has 0 aromatic carbocycles. The number of nitrogens with one attached hydrogen (secondary N) is 1. The van der Waals surface area contributed by atoms with Crippen LogP contribution in [0.15, 0.2) is 12.7 Å². The monoisotopic (exact) mass is 211 g/mol. The standard InChI is InChI=1S/C14H29N/c1-7-14(6,11-15-13(4)5)10-8-9-12(2)3/h7,12-13,15H,1,8-11H2,2-6H3. The zero-order valence-electron chi connectivity index (χ0n) is 11.3. The number of rotatable bonds is 8. The van der Waals surface area contributed by atoms with Gasteiger partial charge in [-0.05, 0) is 17.8 Å². The molecule has 0 bridgehead atoms. The second kappa shape index (κ2) is 7.05. The van der Waals surface area contributed by atoms with E-state index in [1.54, 1.807) is 0 Å². The van der Waals surface area contributed by atoms with Gasteiger partial charge in [-0.2, -0.15) is 0 Å². The number of hydrogen-bond donors (Lipinski definition) is 1. The van der Waals surface area contributed by atoms with Crippen LogP contribution in [0.3, 0.4) is 0 Å². The molecule has 0 aliphatic heterocycles. The normalized spacial score (nSPS) is 15.7. The van der Waals surface area contributed by atoms with Crippen LogP contribution in [0.1, 0.15) is 53.9 Å². The average Bonchev–Trinajstić information content (AvgIpc) is 2.14. The Balaban J connectivity index is 3.90. The summed E-state index contributed by atoms with van der Waals surface area (Å²) in [6.45, 7) is 16.3. The lowest BCUT2D eigenvalue weighted by molar-refractivity contribution is 0.329. The molecule has 1 nitrogen and oxygen atoms in total. The van der Waals surface area contributed by atoms with E-state index in [9.17, 15) is 0 Å². The quantitative estimate of drug-likeness (QED) is 0.598. The summed E-state index contributed by atoms with van der Waals surface area (Å²) < 4.78 is 0. The van der Waals surface area contributed by atoms with E-state index in [1.165, 1.54) is 19.3 Å². The van der Waals surface area contributed by atoms with Crippen LogP contribution in [-0.2, 0) is 0 Å². The summed E-state index contributed by atoms with van der Waals surface area (Å²) in [6.07, 6.45) is 5.99. The minimum atomic E-state index is 0.263. The fourth-order valence-corrected chi connectivity index (χ4v) is 1.61. The lowest BCUT2D eigenvalue weighted by Gasteiger charge is -2.27. The Morgan fingerprint density at radius 3 is 2.27 bits per heavy atom. The van der Waals surface area contributed by atoms with Crippen molar-refractivity contribution in [2.45, 2.75) is 59.9 Å². The molecule has 0 fully saturated rings. The molecule has 0 aliphatic rings. The molecule has 1 N–H and O–H groups in total. The van der Waals surface area contributed by atoms with E-state index < -0.39 is 0 Å². The Morgan fingerprint density at radius 1 is 1.27 bits per heavy atom. The first kappa shape index (κ1) is 14.7. The molecule has 0 amide bonds. The predicted octanol–water partition coefficient (Wildman–Crippen LogP) is 4.00. The van der Waals surface area contributed by atoms with Crippen molar-refractivity contribution in [1.29, 1.82) is 0 Å². The van der Waals surface area contributed by atoms with E-state index in [-0.39, 0.29) is 5.41 Å². The SMILES string of the molecule is C=CC(C)(CCCC(C)C)CNC(C)C. The molecular formula is C14H29N. The highest BCUT2D eigenvalue weighted by molar-refractivity contribution is 4.93.